The van der Waals surface area contributed by atoms with Crippen LogP contribution in [0.4, 0.5) is 4.79 Å². The van der Waals surface area contributed by atoms with E-state index in [1.54, 1.807) is 6.20 Å². The summed E-state index contributed by atoms with van der Waals surface area (Å²) < 4.78 is 5.60. The van der Waals surface area contributed by atoms with Gasteiger partial charge in [0, 0.05) is 18.2 Å². The maximum absolute atomic E-state index is 12.5. The summed E-state index contributed by atoms with van der Waals surface area (Å²) in [6, 6.07) is 22.9. The molecule has 2 N–H and O–H groups in total. The highest BCUT2D eigenvalue weighted by Crippen LogP contribution is 2.29. The fourth-order valence-electron chi connectivity index (χ4n) is 4.01. The lowest BCUT2D eigenvalue weighted by molar-refractivity contribution is -0.145. The maximum atomic E-state index is 12.5. The molecule has 158 valence electrons. The molecule has 1 aliphatic rings. The molecule has 1 aromatic heterocycles. The first kappa shape index (κ1) is 20.6. The summed E-state index contributed by atoms with van der Waals surface area (Å²) >= 11 is 0. The normalized spacial score (nSPS) is 18.9. The van der Waals surface area contributed by atoms with E-state index in [1.807, 2.05) is 72.8 Å². The molecule has 0 saturated carbocycles. The molecule has 4 rings (SSSR count). The third-order valence-corrected chi connectivity index (χ3v) is 5.57. The van der Waals surface area contributed by atoms with Crippen molar-refractivity contribution in [3.63, 3.8) is 0 Å². The molecular weight excluding hydrogens is 392 g/mol. The maximum Gasteiger partial charge on any atom is 0.405 e. The highest BCUT2D eigenvalue weighted by molar-refractivity contribution is 5.75. The molecule has 0 radical (unpaired) electrons. The molecule has 0 aliphatic carbocycles. The van der Waals surface area contributed by atoms with Crippen molar-refractivity contribution in [2.75, 3.05) is 0 Å². The van der Waals surface area contributed by atoms with E-state index in [0.29, 0.717) is 19.3 Å². The van der Waals surface area contributed by atoms with Gasteiger partial charge in [0.05, 0.1) is 17.7 Å². The van der Waals surface area contributed by atoms with Crippen LogP contribution in [-0.4, -0.2) is 34.3 Å². The number of ether oxygens (including phenoxy) is 1. The number of hydrogen-bond donors (Lipinski definition) is 2. The van der Waals surface area contributed by atoms with Crippen molar-refractivity contribution in [2.45, 2.75) is 31.4 Å². The first-order valence-corrected chi connectivity index (χ1v) is 10.3. The Labute approximate surface area is 180 Å². The Morgan fingerprint density at radius 3 is 2.45 bits per heavy atom. The van der Waals surface area contributed by atoms with Gasteiger partial charge in [-0.05, 0) is 36.1 Å². The Morgan fingerprint density at radius 1 is 1.03 bits per heavy atom. The van der Waals surface area contributed by atoms with Gasteiger partial charge in [0.1, 0.15) is 6.10 Å². The zero-order valence-electron chi connectivity index (χ0n) is 17.0. The standard InChI is InChI=1S/C25H24N2O4/c28-24-20(14-18-9-11-19(12-10-18)21-8-4-5-13-26-21)16-23(31-24)22(27-25(29)30)15-17-6-2-1-3-7-17/h1-13,20,22-23,27H,14-16H2,(H,29,30)/t20?,22-,23+/m0/s1. The highest BCUT2D eigenvalue weighted by atomic mass is 16.6. The predicted molar refractivity (Wildman–Crippen MR) is 116 cm³/mol. The number of carbonyl (C=O) groups excluding carboxylic acids is 1. The van der Waals surface area contributed by atoms with Gasteiger partial charge < -0.3 is 15.2 Å². The van der Waals surface area contributed by atoms with Crippen LogP contribution in [0.25, 0.3) is 11.3 Å². The summed E-state index contributed by atoms with van der Waals surface area (Å²) in [5.74, 6) is -0.566. The number of carbonyl (C=O) groups is 2. The van der Waals surface area contributed by atoms with Crippen molar-refractivity contribution >= 4 is 12.1 Å². The van der Waals surface area contributed by atoms with Gasteiger partial charge in [-0.3, -0.25) is 9.78 Å². The zero-order chi connectivity index (χ0) is 21.6. The molecule has 1 unspecified atom stereocenters. The predicted octanol–water partition coefficient (Wildman–Crippen LogP) is 4.10. The second-order valence-electron chi connectivity index (χ2n) is 7.77. The van der Waals surface area contributed by atoms with Gasteiger partial charge in [0.2, 0.25) is 0 Å². The molecule has 1 amide bonds. The molecule has 3 atom stereocenters. The molecule has 6 heteroatoms. The summed E-state index contributed by atoms with van der Waals surface area (Å²) in [6.07, 6.45) is 1.67. The molecule has 1 aliphatic heterocycles. The van der Waals surface area contributed by atoms with Crippen molar-refractivity contribution in [1.29, 1.82) is 0 Å². The smallest absolute Gasteiger partial charge is 0.405 e. The third-order valence-electron chi connectivity index (χ3n) is 5.57. The van der Waals surface area contributed by atoms with E-state index in [9.17, 15) is 14.7 Å². The average Bonchev–Trinajstić information content (AvgIpc) is 3.15. The number of benzene rings is 2. The quantitative estimate of drug-likeness (QED) is 0.566. The Hall–Kier alpha value is -3.67. The van der Waals surface area contributed by atoms with E-state index in [1.165, 1.54) is 0 Å². The number of cyclic esters (lactones) is 1. The number of rotatable bonds is 7. The van der Waals surface area contributed by atoms with Crippen LogP contribution in [0.2, 0.25) is 0 Å². The van der Waals surface area contributed by atoms with E-state index in [4.69, 9.17) is 4.74 Å². The molecule has 0 bridgehead atoms. The number of aromatic nitrogens is 1. The molecule has 1 saturated heterocycles. The number of nitrogens with one attached hydrogen (secondary N) is 1. The topological polar surface area (TPSA) is 88.5 Å². The molecule has 1 fully saturated rings. The largest absolute Gasteiger partial charge is 0.465 e. The van der Waals surface area contributed by atoms with Gasteiger partial charge in [-0.15, -0.1) is 0 Å². The van der Waals surface area contributed by atoms with Crippen LogP contribution in [0.15, 0.2) is 79.0 Å². The van der Waals surface area contributed by atoms with Crippen LogP contribution in [0, 0.1) is 5.92 Å². The molecule has 2 heterocycles. The van der Waals surface area contributed by atoms with Gasteiger partial charge in [-0.1, -0.05) is 60.7 Å². The van der Waals surface area contributed by atoms with Crippen LogP contribution in [0.5, 0.6) is 0 Å². The summed E-state index contributed by atoms with van der Waals surface area (Å²) in [7, 11) is 0. The van der Waals surface area contributed by atoms with E-state index in [2.05, 4.69) is 10.3 Å². The second kappa shape index (κ2) is 9.43. The van der Waals surface area contributed by atoms with E-state index in [-0.39, 0.29) is 11.9 Å². The van der Waals surface area contributed by atoms with Crippen molar-refractivity contribution in [3.8, 4) is 11.3 Å². The first-order chi connectivity index (χ1) is 15.1. The fraction of sp³-hybridized carbons (Fsp3) is 0.240. The molecule has 6 nitrogen and oxygen atoms in total. The lowest BCUT2D eigenvalue weighted by Crippen LogP contribution is -2.44. The summed E-state index contributed by atoms with van der Waals surface area (Å²) in [5.41, 5.74) is 3.95. The zero-order valence-corrected chi connectivity index (χ0v) is 17.0. The lowest BCUT2D eigenvalue weighted by atomic mass is 9.91. The molecular formula is C25H24N2O4. The fourth-order valence-corrected chi connectivity index (χ4v) is 4.01. The van der Waals surface area contributed by atoms with Crippen LogP contribution in [-0.2, 0) is 22.4 Å². The third kappa shape index (κ3) is 5.28. The highest BCUT2D eigenvalue weighted by Gasteiger charge is 2.39. The first-order valence-electron chi connectivity index (χ1n) is 10.3. The summed E-state index contributed by atoms with van der Waals surface area (Å²) in [5, 5.41) is 11.8. The summed E-state index contributed by atoms with van der Waals surface area (Å²) in [4.78, 5) is 28.2. The molecule has 31 heavy (non-hydrogen) atoms. The minimum absolute atomic E-state index is 0.274. The van der Waals surface area contributed by atoms with Crippen LogP contribution >= 0.6 is 0 Å². The van der Waals surface area contributed by atoms with Gasteiger partial charge in [-0.25, -0.2) is 4.79 Å². The van der Waals surface area contributed by atoms with Crippen LogP contribution in [0.3, 0.4) is 0 Å². The molecule has 3 aromatic rings. The Bertz CT molecular complexity index is 1020. The average molecular weight is 416 g/mol. The number of nitrogens with zero attached hydrogens (tertiary/aromatic N) is 1. The molecule has 0 spiro atoms. The molecule has 2 aromatic carbocycles. The number of carboxylic acid groups (broad SMARTS) is 1. The number of pyridine rings is 1. The van der Waals surface area contributed by atoms with Crippen LogP contribution < -0.4 is 5.32 Å². The van der Waals surface area contributed by atoms with Crippen molar-refractivity contribution in [1.82, 2.24) is 10.3 Å². The van der Waals surface area contributed by atoms with Gasteiger partial charge in [0.15, 0.2) is 0 Å². The SMILES string of the molecule is O=C(O)N[C@@H](Cc1ccccc1)[C@H]1CC(Cc2ccc(-c3ccccn3)cc2)C(=O)O1. The minimum Gasteiger partial charge on any atom is -0.465 e. The van der Waals surface area contributed by atoms with Crippen molar-refractivity contribution in [3.05, 3.63) is 90.1 Å². The lowest BCUT2D eigenvalue weighted by Gasteiger charge is -2.22. The second-order valence-corrected chi connectivity index (χ2v) is 7.77. The Balaban J connectivity index is 1.42. The minimum atomic E-state index is -1.12. The number of hydrogen-bond acceptors (Lipinski definition) is 4. The van der Waals surface area contributed by atoms with Gasteiger partial charge >= 0.3 is 12.1 Å². The van der Waals surface area contributed by atoms with E-state index >= 15 is 0 Å². The number of esters is 1. The number of amides is 1. The van der Waals surface area contributed by atoms with Crippen molar-refractivity contribution in [2.24, 2.45) is 5.92 Å². The van der Waals surface area contributed by atoms with Crippen LogP contribution in [0.1, 0.15) is 17.5 Å². The van der Waals surface area contributed by atoms with Crippen molar-refractivity contribution < 1.29 is 19.4 Å². The monoisotopic (exact) mass is 416 g/mol. The van der Waals surface area contributed by atoms with E-state index < -0.39 is 18.2 Å². The summed E-state index contributed by atoms with van der Waals surface area (Å²) in [6.45, 7) is 0. The Kier molecular flexibility index (Phi) is 6.26. The van der Waals surface area contributed by atoms with Gasteiger partial charge in [-0.2, -0.15) is 0 Å². The van der Waals surface area contributed by atoms with E-state index in [0.717, 1.165) is 22.4 Å². The van der Waals surface area contributed by atoms with Gasteiger partial charge in [0.25, 0.3) is 0 Å². The Morgan fingerprint density at radius 2 is 1.77 bits per heavy atom.